The number of rotatable bonds is 9. The number of methoxy groups -OCH3 is 2. The lowest BCUT2D eigenvalue weighted by Gasteiger charge is -2.19. The van der Waals surface area contributed by atoms with Gasteiger partial charge < -0.3 is 14.2 Å². The molecule has 0 aliphatic rings. The van der Waals surface area contributed by atoms with Crippen LogP contribution in [0.5, 0.6) is 17.2 Å². The molecule has 4 nitrogen and oxygen atoms in total. The van der Waals surface area contributed by atoms with Crippen LogP contribution in [-0.2, 0) is 0 Å². The molecule has 138 valence electrons. The van der Waals surface area contributed by atoms with Crippen molar-refractivity contribution in [3.05, 3.63) is 66.2 Å². The summed E-state index contributed by atoms with van der Waals surface area (Å²) in [6.45, 7) is 3.97. The fourth-order valence-corrected chi connectivity index (χ4v) is 3.50. The summed E-state index contributed by atoms with van der Waals surface area (Å²) in [6.07, 6.45) is 1.64. The minimum Gasteiger partial charge on any atom is -0.493 e. The molecule has 0 N–H and O–H groups in total. The summed E-state index contributed by atoms with van der Waals surface area (Å²) in [5.41, 5.74) is 1.41. The summed E-state index contributed by atoms with van der Waals surface area (Å²) < 4.78 is 16.2. The molecule has 26 heavy (non-hydrogen) atoms. The highest BCUT2D eigenvalue weighted by Crippen LogP contribution is 2.38. The molecule has 2 aromatic rings. The topological polar surface area (TPSA) is 44.8 Å². The summed E-state index contributed by atoms with van der Waals surface area (Å²) in [5.74, 6) is 1.70. The smallest absolute Gasteiger partial charge is 0.181 e. The number of benzene rings is 2. The van der Waals surface area contributed by atoms with Gasteiger partial charge in [0.15, 0.2) is 17.3 Å². The summed E-state index contributed by atoms with van der Waals surface area (Å²) in [4.78, 5) is 12.2. The van der Waals surface area contributed by atoms with Crippen molar-refractivity contribution in [2.45, 2.75) is 9.65 Å². The largest absolute Gasteiger partial charge is 0.493 e. The van der Waals surface area contributed by atoms with E-state index in [0.29, 0.717) is 29.4 Å². The van der Waals surface area contributed by atoms with E-state index in [-0.39, 0.29) is 10.6 Å². The number of Topliss-reactive ketones (excluding diaryl/α,β-unsaturated/α-hetero) is 1. The molecule has 2 unspecified atom stereocenters. The quantitative estimate of drug-likeness (QED) is 0.274. The highest BCUT2D eigenvalue weighted by Gasteiger charge is 2.28. The molecule has 0 radical (unpaired) electrons. The molecule has 2 rings (SSSR count). The summed E-state index contributed by atoms with van der Waals surface area (Å²) in [5, 5.41) is 0. The van der Waals surface area contributed by atoms with Crippen molar-refractivity contribution in [1.29, 1.82) is 0 Å². The molecule has 0 bridgehead atoms. The highest BCUT2D eigenvalue weighted by atomic mass is 79.9. The number of halogens is 2. The van der Waals surface area contributed by atoms with E-state index < -0.39 is 4.83 Å². The van der Waals surface area contributed by atoms with Gasteiger partial charge in [-0.25, -0.2) is 0 Å². The minimum absolute atomic E-state index is 0.0821. The fourth-order valence-electron chi connectivity index (χ4n) is 2.42. The Hall–Kier alpha value is -1.79. The standard InChI is InChI=1S/C20H20Br2O4/c1-4-11-26-15-8-6-5-7-14(15)20(23)19(22)18(21)13-9-10-16(24-2)17(12-13)25-3/h4-10,12,18-19H,1,11H2,2-3H3. The Morgan fingerprint density at radius 2 is 1.77 bits per heavy atom. The molecule has 0 aliphatic heterocycles. The van der Waals surface area contributed by atoms with Crippen molar-refractivity contribution in [3.63, 3.8) is 0 Å². The zero-order valence-electron chi connectivity index (χ0n) is 14.6. The lowest BCUT2D eigenvalue weighted by Crippen LogP contribution is -2.20. The second kappa shape index (κ2) is 9.78. The van der Waals surface area contributed by atoms with Crippen LogP contribution >= 0.6 is 31.9 Å². The van der Waals surface area contributed by atoms with Gasteiger partial charge in [-0.05, 0) is 29.8 Å². The maximum absolute atomic E-state index is 13.0. The van der Waals surface area contributed by atoms with Crippen LogP contribution in [0.1, 0.15) is 20.7 Å². The molecule has 0 amide bonds. The number of carbonyl (C=O) groups excluding carboxylic acids is 1. The first-order chi connectivity index (χ1) is 12.5. The number of ether oxygens (including phenoxy) is 3. The van der Waals surface area contributed by atoms with Gasteiger partial charge in [-0.15, -0.1) is 0 Å². The van der Waals surface area contributed by atoms with E-state index >= 15 is 0 Å². The van der Waals surface area contributed by atoms with Gasteiger partial charge in [-0.2, -0.15) is 0 Å². The predicted molar refractivity (Wildman–Crippen MR) is 110 cm³/mol. The number of hydrogen-bond acceptors (Lipinski definition) is 4. The number of carbonyl (C=O) groups is 1. The van der Waals surface area contributed by atoms with Crippen LogP contribution in [0.4, 0.5) is 0 Å². The molecule has 0 saturated carbocycles. The first-order valence-corrected chi connectivity index (χ1v) is 9.73. The Balaban J connectivity index is 2.26. The van der Waals surface area contributed by atoms with Crippen LogP contribution in [0.2, 0.25) is 0 Å². The van der Waals surface area contributed by atoms with E-state index in [1.165, 1.54) is 0 Å². The van der Waals surface area contributed by atoms with Crippen LogP contribution in [0.25, 0.3) is 0 Å². The fraction of sp³-hybridized carbons (Fsp3) is 0.250. The molecule has 6 heteroatoms. The Labute approximate surface area is 170 Å². The maximum Gasteiger partial charge on any atom is 0.181 e. The summed E-state index contributed by atoms with van der Waals surface area (Å²) >= 11 is 7.14. The third kappa shape index (κ3) is 4.68. The van der Waals surface area contributed by atoms with Crippen LogP contribution in [0, 0.1) is 0 Å². The van der Waals surface area contributed by atoms with E-state index in [1.54, 1.807) is 32.4 Å². The number of para-hydroxylation sites is 1. The third-order valence-electron chi connectivity index (χ3n) is 3.74. The van der Waals surface area contributed by atoms with Gasteiger partial charge in [-0.1, -0.05) is 62.7 Å². The van der Waals surface area contributed by atoms with Crippen LogP contribution in [0.3, 0.4) is 0 Å². The van der Waals surface area contributed by atoms with Gasteiger partial charge in [0.05, 0.1) is 29.4 Å². The van der Waals surface area contributed by atoms with E-state index in [9.17, 15) is 4.79 Å². The van der Waals surface area contributed by atoms with Crippen molar-refractivity contribution >= 4 is 37.6 Å². The van der Waals surface area contributed by atoms with Crippen molar-refractivity contribution in [2.24, 2.45) is 0 Å². The predicted octanol–water partition coefficient (Wildman–Crippen LogP) is 5.35. The first kappa shape index (κ1) is 20.5. The summed E-state index contributed by atoms with van der Waals surface area (Å²) in [6, 6.07) is 12.7. The third-order valence-corrected chi connectivity index (χ3v) is 6.45. The van der Waals surface area contributed by atoms with Crippen molar-refractivity contribution < 1.29 is 19.0 Å². The van der Waals surface area contributed by atoms with Gasteiger partial charge in [0, 0.05) is 0 Å². The second-order valence-corrected chi connectivity index (χ2v) is 7.35. The normalized spacial score (nSPS) is 12.8. The lowest BCUT2D eigenvalue weighted by atomic mass is 10.0. The zero-order valence-corrected chi connectivity index (χ0v) is 17.7. The minimum atomic E-state index is -0.492. The molecule has 0 spiro atoms. The number of hydrogen-bond donors (Lipinski definition) is 0. The molecular formula is C20H20Br2O4. The zero-order chi connectivity index (χ0) is 19.1. The Morgan fingerprint density at radius 1 is 1.08 bits per heavy atom. The average Bonchev–Trinajstić information content (AvgIpc) is 2.70. The molecule has 0 aliphatic carbocycles. The second-order valence-electron chi connectivity index (χ2n) is 5.38. The van der Waals surface area contributed by atoms with E-state index in [0.717, 1.165) is 5.56 Å². The summed E-state index contributed by atoms with van der Waals surface area (Å²) in [7, 11) is 3.16. The molecule has 0 fully saturated rings. The average molecular weight is 484 g/mol. The van der Waals surface area contributed by atoms with Gasteiger partial charge in [-0.3, -0.25) is 4.79 Å². The number of ketones is 1. The molecule has 0 aromatic heterocycles. The van der Waals surface area contributed by atoms with Crippen LogP contribution in [0.15, 0.2) is 55.1 Å². The maximum atomic E-state index is 13.0. The highest BCUT2D eigenvalue weighted by molar-refractivity contribution is 9.12. The van der Waals surface area contributed by atoms with Gasteiger partial charge in [0.1, 0.15) is 12.4 Å². The van der Waals surface area contributed by atoms with Crippen molar-refractivity contribution in [1.82, 2.24) is 0 Å². The first-order valence-electron chi connectivity index (χ1n) is 7.90. The Kier molecular flexibility index (Phi) is 7.72. The van der Waals surface area contributed by atoms with E-state index in [4.69, 9.17) is 14.2 Å². The Bertz CT molecular complexity index is 776. The van der Waals surface area contributed by atoms with E-state index in [2.05, 4.69) is 38.4 Å². The van der Waals surface area contributed by atoms with Crippen LogP contribution < -0.4 is 14.2 Å². The molecule has 2 aromatic carbocycles. The molecule has 0 saturated heterocycles. The number of alkyl halides is 2. The molecule has 2 atom stereocenters. The van der Waals surface area contributed by atoms with Gasteiger partial charge in [0.2, 0.25) is 0 Å². The van der Waals surface area contributed by atoms with Crippen molar-refractivity contribution in [3.8, 4) is 17.2 Å². The lowest BCUT2D eigenvalue weighted by molar-refractivity contribution is 0.0987. The van der Waals surface area contributed by atoms with Gasteiger partial charge in [0.25, 0.3) is 0 Å². The molecule has 0 heterocycles. The van der Waals surface area contributed by atoms with E-state index in [1.807, 2.05) is 30.3 Å². The van der Waals surface area contributed by atoms with Crippen LogP contribution in [-0.4, -0.2) is 31.4 Å². The van der Waals surface area contributed by atoms with Crippen molar-refractivity contribution in [2.75, 3.05) is 20.8 Å². The SMILES string of the molecule is C=CCOc1ccccc1C(=O)C(Br)C(Br)c1ccc(OC)c(OC)c1. The monoisotopic (exact) mass is 482 g/mol. The molecular weight excluding hydrogens is 464 g/mol. The Morgan fingerprint density at radius 3 is 2.42 bits per heavy atom. The van der Waals surface area contributed by atoms with Gasteiger partial charge >= 0.3 is 0 Å².